The van der Waals surface area contributed by atoms with E-state index in [-0.39, 0.29) is 48.4 Å². The second kappa shape index (κ2) is 13.3. The highest BCUT2D eigenvalue weighted by Gasteiger charge is 2.39. The Balaban J connectivity index is 1.52. The number of halogens is 3. The molecule has 1 amide bonds. The maximum Gasteiger partial charge on any atom is 0.421 e. The highest BCUT2D eigenvalue weighted by atomic mass is 19.4. The summed E-state index contributed by atoms with van der Waals surface area (Å²) in [4.78, 5) is 29.8. The van der Waals surface area contributed by atoms with Gasteiger partial charge in [0, 0.05) is 37.8 Å². The Kier molecular flexibility index (Phi) is 9.48. The molecule has 2 saturated heterocycles. The molecule has 0 radical (unpaired) electrons. The number of methoxy groups -OCH3 is 1. The topological polar surface area (TPSA) is 98.1 Å². The van der Waals surface area contributed by atoms with E-state index in [1.807, 2.05) is 11.9 Å². The van der Waals surface area contributed by atoms with E-state index in [1.54, 1.807) is 15.9 Å². The first-order valence-electron chi connectivity index (χ1n) is 14.9. The number of nitriles is 1. The minimum Gasteiger partial charge on any atom is -0.496 e. The molecule has 4 heterocycles. The van der Waals surface area contributed by atoms with Crippen LogP contribution in [0.4, 0.5) is 24.7 Å². The number of alkyl halides is 3. The molecule has 236 valence electrons. The molecule has 10 nitrogen and oxygen atoms in total. The van der Waals surface area contributed by atoms with Gasteiger partial charge in [0.05, 0.1) is 43.6 Å². The molecule has 1 aromatic heterocycles. The number of anilines is 2. The second-order valence-electron chi connectivity index (χ2n) is 11.4. The van der Waals surface area contributed by atoms with Crippen molar-refractivity contribution in [2.75, 3.05) is 63.3 Å². The van der Waals surface area contributed by atoms with Gasteiger partial charge >= 0.3 is 12.2 Å². The summed E-state index contributed by atoms with van der Waals surface area (Å²) in [5, 5.41) is 9.49. The Hall–Kier alpha value is -4.05. The van der Waals surface area contributed by atoms with Gasteiger partial charge in [-0.2, -0.15) is 28.4 Å². The van der Waals surface area contributed by atoms with Crippen LogP contribution in [0.3, 0.4) is 0 Å². The number of aromatic nitrogens is 2. The van der Waals surface area contributed by atoms with Gasteiger partial charge in [-0.25, -0.2) is 0 Å². The number of piperazine rings is 1. The number of rotatable bonds is 8. The van der Waals surface area contributed by atoms with Crippen LogP contribution in [0.2, 0.25) is 0 Å². The lowest BCUT2D eigenvalue weighted by Gasteiger charge is -2.41. The molecule has 44 heavy (non-hydrogen) atoms. The molecular formula is C31H38F3N7O3. The minimum absolute atomic E-state index is 0.0329. The SMILES string of the molecule is C=CC(=O)N1CCN(c2nc(OC[C@@H]3CCCN3C)nc3c2CCCN(c2cccc(OC)c2C(F)(F)F)C3)CC1CC#N. The molecule has 0 saturated carbocycles. The van der Waals surface area contributed by atoms with Crippen LogP contribution in [-0.2, 0) is 23.9 Å². The maximum absolute atomic E-state index is 14.3. The van der Waals surface area contributed by atoms with Gasteiger partial charge in [0.25, 0.3) is 0 Å². The van der Waals surface area contributed by atoms with Gasteiger partial charge in [-0.1, -0.05) is 12.6 Å². The Bertz CT molecular complexity index is 1410. The summed E-state index contributed by atoms with van der Waals surface area (Å²) < 4.78 is 54.2. The van der Waals surface area contributed by atoms with Crippen LogP contribution < -0.4 is 19.3 Å². The third-order valence-electron chi connectivity index (χ3n) is 8.74. The average molecular weight is 614 g/mol. The lowest BCUT2D eigenvalue weighted by atomic mass is 10.1. The molecule has 13 heteroatoms. The average Bonchev–Trinajstić information content (AvgIpc) is 3.30. The van der Waals surface area contributed by atoms with Crippen molar-refractivity contribution in [1.82, 2.24) is 19.8 Å². The largest absolute Gasteiger partial charge is 0.496 e. The zero-order chi connectivity index (χ0) is 31.4. The van der Waals surface area contributed by atoms with Crippen molar-refractivity contribution < 1.29 is 27.4 Å². The fourth-order valence-electron chi connectivity index (χ4n) is 6.45. The standard InChI is InChI=1S/C31H38F3N7O3/c1-4-27(42)41-17-16-40(18-21(41)12-13-35)29-23-9-7-15-39(25-10-5-11-26(43-3)28(25)31(32,33)34)19-24(23)36-30(37-29)44-20-22-8-6-14-38(22)2/h4-5,10-11,21-22H,1,6-9,12,14-20H2,2-3H3/t21?,22-/m0/s1. The fourth-order valence-corrected chi connectivity index (χ4v) is 6.45. The molecule has 2 aromatic rings. The number of fused-ring (bicyclic) bond motifs is 1. The van der Waals surface area contributed by atoms with Crippen molar-refractivity contribution in [1.29, 1.82) is 5.26 Å². The van der Waals surface area contributed by atoms with E-state index in [0.717, 1.165) is 24.9 Å². The first kappa shape index (κ1) is 31.4. The Morgan fingerprint density at radius 2 is 1.98 bits per heavy atom. The minimum atomic E-state index is -4.62. The Morgan fingerprint density at radius 1 is 1.16 bits per heavy atom. The summed E-state index contributed by atoms with van der Waals surface area (Å²) >= 11 is 0. The number of likely N-dealkylation sites (tertiary alicyclic amines) is 1. The van der Waals surface area contributed by atoms with E-state index in [9.17, 15) is 23.2 Å². The third kappa shape index (κ3) is 6.55. The molecular weight excluding hydrogens is 575 g/mol. The van der Waals surface area contributed by atoms with Gasteiger partial charge < -0.3 is 29.1 Å². The van der Waals surface area contributed by atoms with Gasteiger partial charge in [0.1, 0.15) is 23.7 Å². The van der Waals surface area contributed by atoms with Crippen molar-refractivity contribution in [3.05, 3.63) is 47.7 Å². The molecule has 5 rings (SSSR count). The smallest absolute Gasteiger partial charge is 0.421 e. The maximum atomic E-state index is 14.3. The van der Waals surface area contributed by atoms with Gasteiger partial charge in [-0.15, -0.1) is 0 Å². The Morgan fingerprint density at radius 3 is 2.66 bits per heavy atom. The van der Waals surface area contributed by atoms with Crippen molar-refractivity contribution in [2.24, 2.45) is 0 Å². The van der Waals surface area contributed by atoms with Crippen LogP contribution in [0.1, 0.15) is 42.5 Å². The number of ether oxygens (including phenoxy) is 2. The van der Waals surface area contributed by atoms with Crippen molar-refractivity contribution in [3.8, 4) is 17.8 Å². The predicted molar refractivity (Wildman–Crippen MR) is 159 cm³/mol. The van der Waals surface area contributed by atoms with Crippen LogP contribution in [0.15, 0.2) is 30.9 Å². The molecule has 3 aliphatic rings. The van der Waals surface area contributed by atoms with Crippen molar-refractivity contribution >= 4 is 17.4 Å². The van der Waals surface area contributed by atoms with Crippen molar-refractivity contribution in [2.45, 2.75) is 56.9 Å². The number of hydrogen-bond donors (Lipinski definition) is 0. The fraction of sp³-hybridized carbons (Fsp3) is 0.548. The van der Waals surface area contributed by atoms with Gasteiger partial charge in [0.2, 0.25) is 5.91 Å². The molecule has 2 fully saturated rings. The summed E-state index contributed by atoms with van der Waals surface area (Å²) in [6.07, 6.45) is -0.0309. The zero-order valence-corrected chi connectivity index (χ0v) is 25.1. The number of amides is 1. The second-order valence-corrected chi connectivity index (χ2v) is 11.4. The molecule has 0 spiro atoms. The van der Waals surface area contributed by atoms with E-state index in [2.05, 4.69) is 17.5 Å². The summed E-state index contributed by atoms with van der Waals surface area (Å²) in [5.41, 5.74) is 0.655. The molecule has 0 bridgehead atoms. The van der Waals surface area contributed by atoms with E-state index in [4.69, 9.17) is 19.4 Å². The summed E-state index contributed by atoms with van der Waals surface area (Å²) in [7, 11) is 3.28. The monoisotopic (exact) mass is 613 g/mol. The number of carbonyl (C=O) groups excluding carboxylic acids is 1. The molecule has 0 aliphatic carbocycles. The van der Waals surface area contributed by atoms with Gasteiger partial charge in [0.15, 0.2) is 0 Å². The first-order chi connectivity index (χ1) is 21.1. The zero-order valence-electron chi connectivity index (χ0n) is 25.1. The number of carbonyl (C=O) groups is 1. The molecule has 1 unspecified atom stereocenters. The van der Waals surface area contributed by atoms with Crippen LogP contribution in [0.5, 0.6) is 11.8 Å². The number of likely N-dealkylation sites (N-methyl/N-ethyl adjacent to an activating group) is 1. The van der Waals surface area contributed by atoms with Crippen LogP contribution in [-0.4, -0.2) is 91.2 Å². The van der Waals surface area contributed by atoms with Gasteiger partial charge in [-0.05, 0) is 57.5 Å². The van der Waals surface area contributed by atoms with E-state index in [1.165, 1.54) is 25.3 Å². The normalized spacial score (nSPS) is 21.0. The first-order valence-corrected chi connectivity index (χ1v) is 14.9. The highest BCUT2D eigenvalue weighted by Crippen LogP contribution is 2.44. The molecule has 2 atom stereocenters. The molecule has 0 N–H and O–H groups in total. The molecule has 1 aromatic carbocycles. The van der Waals surface area contributed by atoms with Gasteiger partial charge in [-0.3, -0.25) is 4.79 Å². The quantitative estimate of drug-likeness (QED) is 0.409. The van der Waals surface area contributed by atoms with E-state index in [0.29, 0.717) is 57.1 Å². The lowest BCUT2D eigenvalue weighted by Crippen LogP contribution is -2.55. The third-order valence-corrected chi connectivity index (χ3v) is 8.74. The highest BCUT2D eigenvalue weighted by molar-refractivity contribution is 5.87. The number of benzene rings is 1. The lowest BCUT2D eigenvalue weighted by molar-refractivity contribution is -0.138. The Labute approximate surface area is 255 Å². The number of nitrogens with zero attached hydrogens (tertiary/aromatic N) is 7. The van der Waals surface area contributed by atoms with Crippen LogP contribution in [0, 0.1) is 11.3 Å². The molecule has 3 aliphatic heterocycles. The van der Waals surface area contributed by atoms with E-state index < -0.39 is 11.7 Å². The van der Waals surface area contributed by atoms with E-state index >= 15 is 0 Å². The van der Waals surface area contributed by atoms with Crippen LogP contribution in [0.25, 0.3) is 0 Å². The summed E-state index contributed by atoms with van der Waals surface area (Å²) in [6, 6.07) is 6.55. The predicted octanol–water partition coefficient (Wildman–Crippen LogP) is 4.05. The number of hydrogen-bond acceptors (Lipinski definition) is 9. The summed E-state index contributed by atoms with van der Waals surface area (Å²) in [6.45, 7) is 6.68. The summed E-state index contributed by atoms with van der Waals surface area (Å²) in [5.74, 6) is 0.176. The van der Waals surface area contributed by atoms with Crippen molar-refractivity contribution in [3.63, 3.8) is 0 Å². The van der Waals surface area contributed by atoms with Crippen LogP contribution >= 0.6 is 0 Å².